The van der Waals surface area contributed by atoms with Crippen molar-refractivity contribution in [1.82, 2.24) is 4.98 Å². The summed E-state index contributed by atoms with van der Waals surface area (Å²) in [7, 11) is 0. The van der Waals surface area contributed by atoms with E-state index in [2.05, 4.69) is 15.9 Å². The molecule has 0 aliphatic heterocycles. The Morgan fingerprint density at radius 2 is 1.89 bits per heavy atom. The van der Waals surface area contributed by atoms with Gasteiger partial charge in [0.1, 0.15) is 0 Å². The summed E-state index contributed by atoms with van der Waals surface area (Å²) in [6.45, 7) is 2.45. The van der Waals surface area contributed by atoms with E-state index in [0.717, 1.165) is 25.8 Å². The fourth-order valence-corrected chi connectivity index (χ4v) is 4.59. The number of halogens is 2. The van der Waals surface area contributed by atoms with Crippen molar-refractivity contribution in [2.45, 2.75) is 13.5 Å². The van der Waals surface area contributed by atoms with Crippen LogP contribution in [0.2, 0.25) is 5.02 Å². The van der Waals surface area contributed by atoms with Gasteiger partial charge in [-0.25, -0.2) is 4.98 Å². The highest BCUT2D eigenvalue weighted by atomic mass is 79.9. The number of anilines is 1. The zero-order valence-electron chi connectivity index (χ0n) is 15.0. The molecule has 0 saturated carbocycles. The van der Waals surface area contributed by atoms with Gasteiger partial charge in [0.15, 0.2) is 5.13 Å². The van der Waals surface area contributed by atoms with Gasteiger partial charge < -0.3 is 0 Å². The van der Waals surface area contributed by atoms with Crippen LogP contribution in [0.5, 0.6) is 0 Å². The van der Waals surface area contributed by atoms with E-state index < -0.39 is 0 Å². The van der Waals surface area contributed by atoms with Gasteiger partial charge in [0.25, 0.3) is 5.91 Å². The number of fused-ring (bicyclic) bond motifs is 1. The molecule has 3 nitrogen and oxygen atoms in total. The first-order chi connectivity index (χ1) is 13.5. The van der Waals surface area contributed by atoms with E-state index in [9.17, 15) is 4.79 Å². The van der Waals surface area contributed by atoms with Crippen molar-refractivity contribution < 1.29 is 4.79 Å². The third-order valence-corrected chi connectivity index (χ3v) is 6.29. The first-order valence-electron chi connectivity index (χ1n) is 8.70. The van der Waals surface area contributed by atoms with Crippen LogP contribution < -0.4 is 4.90 Å². The van der Waals surface area contributed by atoms with Crippen LogP contribution in [-0.4, -0.2) is 10.9 Å². The number of para-hydroxylation sites is 1. The van der Waals surface area contributed by atoms with Crippen molar-refractivity contribution in [2.75, 3.05) is 4.90 Å². The van der Waals surface area contributed by atoms with Crippen LogP contribution in [0.1, 0.15) is 21.5 Å². The van der Waals surface area contributed by atoms with E-state index in [1.54, 1.807) is 17.0 Å². The van der Waals surface area contributed by atoms with E-state index >= 15 is 0 Å². The number of carbonyl (C=O) groups excluding carboxylic acids is 1. The van der Waals surface area contributed by atoms with Crippen molar-refractivity contribution in [3.05, 3.63) is 92.9 Å². The molecule has 0 atom stereocenters. The van der Waals surface area contributed by atoms with E-state index in [4.69, 9.17) is 16.6 Å². The molecular weight excluding hydrogens is 456 g/mol. The molecular formula is C22H16BrClN2OS. The fourth-order valence-electron chi connectivity index (χ4n) is 2.99. The molecule has 0 N–H and O–H groups in total. The van der Waals surface area contributed by atoms with Gasteiger partial charge in [0.05, 0.1) is 27.3 Å². The Kier molecular flexibility index (Phi) is 5.49. The predicted molar refractivity (Wildman–Crippen MR) is 120 cm³/mol. The number of thiazole rings is 1. The molecule has 1 aromatic heterocycles. The molecule has 6 heteroatoms. The van der Waals surface area contributed by atoms with Gasteiger partial charge in [0, 0.05) is 4.47 Å². The van der Waals surface area contributed by atoms with Crippen LogP contribution in [0.3, 0.4) is 0 Å². The lowest BCUT2D eigenvalue weighted by molar-refractivity contribution is 0.0985. The minimum atomic E-state index is -0.174. The second-order valence-electron chi connectivity index (χ2n) is 6.42. The molecule has 4 rings (SSSR count). The Hall–Kier alpha value is -2.21. The van der Waals surface area contributed by atoms with Crippen LogP contribution in [0.15, 0.2) is 71.2 Å². The lowest BCUT2D eigenvalue weighted by Crippen LogP contribution is -2.30. The van der Waals surface area contributed by atoms with Crippen molar-refractivity contribution in [1.29, 1.82) is 0 Å². The van der Waals surface area contributed by atoms with E-state index in [1.165, 1.54) is 11.3 Å². The average molecular weight is 472 g/mol. The summed E-state index contributed by atoms with van der Waals surface area (Å²) in [6, 6.07) is 21.3. The smallest absolute Gasteiger partial charge is 0.261 e. The first-order valence-corrected chi connectivity index (χ1v) is 10.7. The van der Waals surface area contributed by atoms with Gasteiger partial charge in [-0.1, -0.05) is 81.3 Å². The van der Waals surface area contributed by atoms with Gasteiger partial charge in [-0.2, -0.15) is 0 Å². The summed E-state index contributed by atoms with van der Waals surface area (Å²) in [4.78, 5) is 19.9. The molecule has 0 aliphatic carbocycles. The maximum Gasteiger partial charge on any atom is 0.261 e. The highest BCUT2D eigenvalue weighted by Crippen LogP contribution is 2.33. The minimum absolute atomic E-state index is 0.174. The zero-order chi connectivity index (χ0) is 19.7. The summed E-state index contributed by atoms with van der Waals surface area (Å²) in [6.07, 6.45) is 0. The number of hydrogen-bond acceptors (Lipinski definition) is 3. The molecule has 0 radical (unpaired) electrons. The molecule has 0 bridgehead atoms. The largest absolute Gasteiger partial charge is 0.279 e. The first kappa shape index (κ1) is 19.1. The number of benzene rings is 3. The number of rotatable bonds is 4. The number of carbonyl (C=O) groups is 1. The fraction of sp³-hybridized carbons (Fsp3) is 0.0909. The molecule has 0 spiro atoms. The van der Waals surface area contributed by atoms with Crippen LogP contribution in [0.25, 0.3) is 10.2 Å². The highest BCUT2D eigenvalue weighted by molar-refractivity contribution is 9.10. The van der Waals surface area contributed by atoms with E-state index in [1.807, 2.05) is 61.5 Å². The van der Waals surface area contributed by atoms with Crippen molar-refractivity contribution in [3.63, 3.8) is 0 Å². The number of aromatic nitrogens is 1. The standard InChI is InChI=1S/C22H16BrClN2OS/c1-14-6-5-9-19-20(14)25-22(28-19)26(13-15-7-3-2-4-8-15)21(27)17-12-16(23)10-11-18(17)24/h2-12H,13H2,1H3. The third-order valence-electron chi connectivity index (χ3n) is 4.43. The van der Waals surface area contributed by atoms with Gasteiger partial charge in [-0.3, -0.25) is 9.69 Å². The Bertz CT molecular complexity index is 1160. The predicted octanol–water partition coefficient (Wildman–Crippen LogP) is 6.87. The summed E-state index contributed by atoms with van der Waals surface area (Å²) < 4.78 is 1.86. The maximum atomic E-state index is 13.5. The summed E-state index contributed by atoms with van der Waals surface area (Å²) in [5.74, 6) is -0.174. The molecule has 4 aromatic rings. The molecule has 1 amide bonds. The quantitative estimate of drug-likeness (QED) is 0.325. The average Bonchev–Trinajstić information content (AvgIpc) is 3.14. The third kappa shape index (κ3) is 3.83. The molecule has 0 aliphatic rings. The van der Waals surface area contributed by atoms with Gasteiger partial charge in [-0.05, 0) is 42.3 Å². The van der Waals surface area contributed by atoms with Crippen molar-refractivity contribution in [2.24, 2.45) is 0 Å². The monoisotopic (exact) mass is 470 g/mol. The topological polar surface area (TPSA) is 33.2 Å². The highest BCUT2D eigenvalue weighted by Gasteiger charge is 2.24. The van der Waals surface area contributed by atoms with Crippen molar-refractivity contribution in [3.8, 4) is 0 Å². The minimum Gasteiger partial charge on any atom is -0.279 e. The normalized spacial score (nSPS) is 11.0. The summed E-state index contributed by atoms with van der Waals surface area (Å²) in [5.41, 5.74) is 3.49. The Morgan fingerprint density at radius 3 is 2.64 bits per heavy atom. The number of aryl methyl sites for hydroxylation is 1. The molecule has 0 unspecified atom stereocenters. The lowest BCUT2D eigenvalue weighted by atomic mass is 10.1. The van der Waals surface area contributed by atoms with Gasteiger partial charge >= 0.3 is 0 Å². The Balaban J connectivity index is 1.82. The molecule has 28 heavy (non-hydrogen) atoms. The molecule has 0 fully saturated rings. The van der Waals surface area contributed by atoms with Crippen LogP contribution >= 0.6 is 38.9 Å². The van der Waals surface area contributed by atoms with Gasteiger partial charge in [0.2, 0.25) is 0 Å². The molecule has 140 valence electrons. The number of amides is 1. The van der Waals surface area contributed by atoms with Gasteiger partial charge in [-0.15, -0.1) is 0 Å². The summed E-state index contributed by atoms with van der Waals surface area (Å²) in [5, 5.41) is 1.08. The van der Waals surface area contributed by atoms with Crippen molar-refractivity contribution >= 4 is 60.1 Å². The molecule has 0 saturated heterocycles. The second-order valence-corrected chi connectivity index (χ2v) is 8.75. The maximum absolute atomic E-state index is 13.5. The Labute approximate surface area is 180 Å². The number of hydrogen-bond donors (Lipinski definition) is 0. The lowest BCUT2D eigenvalue weighted by Gasteiger charge is -2.21. The van der Waals surface area contributed by atoms with Crippen LogP contribution in [-0.2, 0) is 6.54 Å². The Morgan fingerprint density at radius 1 is 1.11 bits per heavy atom. The van der Waals surface area contributed by atoms with E-state index in [0.29, 0.717) is 22.3 Å². The molecule has 3 aromatic carbocycles. The number of nitrogens with zero attached hydrogens (tertiary/aromatic N) is 2. The SMILES string of the molecule is Cc1cccc2sc(N(Cc3ccccc3)C(=O)c3cc(Br)ccc3Cl)nc12. The van der Waals surface area contributed by atoms with E-state index in [-0.39, 0.29) is 5.91 Å². The summed E-state index contributed by atoms with van der Waals surface area (Å²) >= 11 is 11.3. The van der Waals surface area contributed by atoms with Crippen LogP contribution in [0, 0.1) is 6.92 Å². The second kappa shape index (κ2) is 8.03. The molecule has 1 heterocycles. The zero-order valence-corrected chi connectivity index (χ0v) is 18.2. The van der Waals surface area contributed by atoms with Crippen LogP contribution in [0.4, 0.5) is 5.13 Å².